The van der Waals surface area contributed by atoms with E-state index in [0.717, 1.165) is 84.6 Å². The largest absolute Gasteiger partial charge is 0.444 e. The molecule has 0 radical (unpaired) electrons. The number of nitrogens with one attached hydrogen (secondary N) is 2. The normalized spacial score (nSPS) is 18.6. The second-order valence-electron chi connectivity index (χ2n) is 16.0. The van der Waals surface area contributed by atoms with Crippen molar-refractivity contribution in [1.82, 2.24) is 29.8 Å². The number of ether oxygens (including phenoxy) is 3. The number of morpholine rings is 1. The van der Waals surface area contributed by atoms with Crippen molar-refractivity contribution in [3.05, 3.63) is 49.1 Å². The van der Waals surface area contributed by atoms with Gasteiger partial charge in [0.05, 0.1) is 47.9 Å². The van der Waals surface area contributed by atoms with Crippen molar-refractivity contribution in [3.63, 3.8) is 0 Å². The Morgan fingerprint density at radius 2 is 1.71 bits per heavy atom. The van der Waals surface area contributed by atoms with Crippen LogP contribution >= 0.6 is 0 Å². The Hall–Kier alpha value is -4.27. The van der Waals surface area contributed by atoms with Gasteiger partial charge in [-0.05, 0) is 70.3 Å². The van der Waals surface area contributed by atoms with Crippen molar-refractivity contribution in [2.24, 2.45) is 0 Å². The summed E-state index contributed by atoms with van der Waals surface area (Å²) < 4.78 is 19.5. The molecule has 274 valence electrons. The molecule has 3 aromatic heterocycles. The first-order valence-electron chi connectivity index (χ1n) is 18.0. The van der Waals surface area contributed by atoms with Gasteiger partial charge in [0.15, 0.2) is 0 Å². The molecule has 2 fully saturated rings. The second kappa shape index (κ2) is 15.1. The number of alkyl carbamates (subject to hydrolysis) is 1. The standard InChI is InChI=1S/C37H53N9O4Si/c1-36(2,3)50-35(47)43-37(4)13-8-14-45(24-37)34-38-22-29(23-39-34)42-28-11-9-27(10-12-28)31-21-30-32(44-15-17-48-18-16-44)40-25-41-33(30)46(31)26-49-19-20-51(5,6)7/h9-12,21-23,25,42H,8,13-20,24,26H2,1-7H3,(H,43,47)/t37-/m1/s1. The molecule has 2 aliphatic rings. The summed E-state index contributed by atoms with van der Waals surface area (Å²) in [6.07, 6.45) is 6.60. The maximum Gasteiger partial charge on any atom is 0.408 e. The Morgan fingerprint density at radius 1 is 0.980 bits per heavy atom. The van der Waals surface area contributed by atoms with Crippen molar-refractivity contribution >= 4 is 48.3 Å². The van der Waals surface area contributed by atoms with Crippen LogP contribution in [0.5, 0.6) is 0 Å². The van der Waals surface area contributed by atoms with Gasteiger partial charge in [0.1, 0.15) is 30.1 Å². The molecule has 0 saturated carbocycles. The highest BCUT2D eigenvalue weighted by atomic mass is 28.3. The molecule has 1 atom stereocenters. The lowest BCUT2D eigenvalue weighted by atomic mass is 9.91. The molecule has 13 nitrogen and oxygen atoms in total. The van der Waals surface area contributed by atoms with E-state index in [0.29, 0.717) is 32.4 Å². The summed E-state index contributed by atoms with van der Waals surface area (Å²) in [5.74, 6) is 1.56. The van der Waals surface area contributed by atoms with E-state index in [-0.39, 0.29) is 0 Å². The number of hydrogen-bond donors (Lipinski definition) is 2. The Labute approximate surface area is 302 Å². The van der Waals surface area contributed by atoms with Crippen LogP contribution in [0, 0.1) is 0 Å². The molecule has 14 heteroatoms. The molecule has 6 rings (SSSR count). The minimum Gasteiger partial charge on any atom is -0.444 e. The minimum atomic E-state index is -1.23. The van der Waals surface area contributed by atoms with Gasteiger partial charge in [-0.3, -0.25) is 0 Å². The van der Waals surface area contributed by atoms with Gasteiger partial charge in [0.25, 0.3) is 0 Å². The van der Waals surface area contributed by atoms with Crippen LogP contribution < -0.4 is 20.4 Å². The van der Waals surface area contributed by atoms with Crippen molar-refractivity contribution < 1.29 is 19.0 Å². The quantitative estimate of drug-likeness (QED) is 0.128. The number of carbonyl (C=O) groups excluding carboxylic acids is 1. The number of carbonyl (C=O) groups is 1. The molecule has 5 heterocycles. The van der Waals surface area contributed by atoms with E-state index < -0.39 is 25.3 Å². The molecule has 2 N–H and O–H groups in total. The van der Waals surface area contributed by atoms with E-state index in [1.165, 1.54) is 0 Å². The number of anilines is 4. The molecular weight excluding hydrogens is 663 g/mol. The van der Waals surface area contributed by atoms with Crippen LogP contribution in [0.4, 0.5) is 27.9 Å². The predicted octanol–water partition coefficient (Wildman–Crippen LogP) is 6.66. The fourth-order valence-electron chi connectivity index (χ4n) is 6.48. The summed E-state index contributed by atoms with van der Waals surface area (Å²) in [6, 6.07) is 11.6. The average Bonchev–Trinajstić information content (AvgIpc) is 3.45. The zero-order chi connectivity index (χ0) is 36.2. The molecule has 0 spiro atoms. The van der Waals surface area contributed by atoms with Crippen LogP contribution in [0.1, 0.15) is 40.5 Å². The summed E-state index contributed by atoms with van der Waals surface area (Å²) in [5, 5.41) is 7.52. The highest BCUT2D eigenvalue weighted by Gasteiger charge is 2.35. The smallest absolute Gasteiger partial charge is 0.408 e. The van der Waals surface area contributed by atoms with Gasteiger partial charge in [-0.15, -0.1) is 0 Å². The maximum absolute atomic E-state index is 12.5. The van der Waals surface area contributed by atoms with Crippen LogP contribution in [0.15, 0.2) is 49.1 Å². The lowest BCUT2D eigenvalue weighted by molar-refractivity contribution is 0.0454. The summed E-state index contributed by atoms with van der Waals surface area (Å²) in [7, 11) is -1.23. The molecule has 0 unspecified atom stereocenters. The monoisotopic (exact) mass is 715 g/mol. The minimum absolute atomic E-state index is 0.406. The molecule has 4 aromatic rings. The van der Waals surface area contributed by atoms with Gasteiger partial charge >= 0.3 is 6.09 Å². The van der Waals surface area contributed by atoms with Gasteiger partial charge in [-0.1, -0.05) is 31.8 Å². The van der Waals surface area contributed by atoms with Crippen molar-refractivity contribution in [3.8, 4) is 11.3 Å². The first kappa shape index (κ1) is 36.5. The average molecular weight is 716 g/mol. The van der Waals surface area contributed by atoms with Gasteiger partial charge < -0.3 is 39.2 Å². The van der Waals surface area contributed by atoms with Crippen LogP contribution in [-0.4, -0.2) is 95.8 Å². The number of rotatable bonds is 11. The third kappa shape index (κ3) is 9.54. The third-order valence-electron chi connectivity index (χ3n) is 9.09. The topological polar surface area (TPSA) is 132 Å². The van der Waals surface area contributed by atoms with Crippen molar-refractivity contribution in [2.75, 3.05) is 61.1 Å². The maximum atomic E-state index is 12.5. The number of hydrogen-bond acceptors (Lipinski definition) is 11. The molecule has 2 aliphatic heterocycles. The second-order valence-corrected chi connectivity index (χ2v) is 21.6. The Kier molecular flexibility index (Phi) is 10.8. The van der Waals surface area contributed by atoms with Gasteiger partial charge in [-0.2, -0.15) is 0 Å². The summed E-state index contributed by atoms with van der Waals surface area (Å²) >= 11 is 0. The SMILES string of the molecule is CC(C)(C)OC(=O)N[C@]1(C)CCCN(c2ncc(Nc3ccc(-c4cc5c(N6CCOCC6)ncnc5n4COCC[Si](C)(C)C)cc3)cn2)C1. The van der Waals surface area contributed by atoms with E-state index in [4.69, 9.17) is 24.2 Å². The first-order valence-corrected chi connectivity index (χ1v) is 21.7. The third-order valence-corrected chi connectivity index (χ3v) is 10.8. The number of amides is 1. The van der Waals surface area contributed by atoms with E-state index in [1.54, 1.807) is 18.7 Å². The van der Waals surface area contributed by atoms with Crippen LogP contribution in [0.3, 0.4) is 0 Å². The van der Waals surface area contributed by atoms with E-state index in [2.05, 4.69) is 84.9 Å². The van der Waals surface area contributed by atoms with Crippen molar-refractivity contribution in [1.29, 1.82) is 0 Å². The number of aromatic nitrogens is 5. The molecule has 0 aliphatic carbocycles. The van der Waals surface area contributed by atoms with Crippen molar-refractivity contribution in [2.45, 2.75) is 84.1 Å². The van der Waals surface area contributed by atoms with Crippen LogP contribution in [0.2, 0.25) is 25.7 Å². The lowest BCUT2D eigenvalue weighted by Crippen LogP contribution is -2.57. The summed E-state index contributed by atoms with van der Waals surface area (Å²) in [4.78, 5) is 35.7. The fraction of sp³-hybridized carbons (Fsp3) is 0.541. The Morgan fingerprint density at radius 3 is 2.39 bits per heavy atom. The molecule has 1 aromatic carbocycles. The van der Waals surface area contributed by atoms with Crippen LogP contribution in [0.25, 0.3) is 22.3 Å². The Bertz CT molecular complexity index is 1780. The van der Waals surface area contributed by atoms with E-state index in [9.17, 15) is 4.79 Å². The van der Waals surface area contributed by atoms with Crippen LogP contribution in [-0.2, 0) is 20.9 Å². The van der Waals surface area contributed by atoms with Gasteiger partial charge in [0.2, 0.25) is 5.95 Å². The summed E-state index contributed by atoms with van der Waals surface area (Å²) in [6.45, 7) is 20.3. The fourth-order valence-corrected chi connectivity index (χ4v) is 7.24. The molecule has 51 heavy (non-hydrogen) atoms. The first-order chi connectivity index (χ1) is 24.3. The molecular formula is C37H53N9O4Si. The predicted molar refractivity (Wildman–Crippen MR) is 205 cm³/mol. The highest BCUT2D eigenvalue weighted by Crippen LogP contribution is 2.33. The van der Waals surface area contributed by atoms with E-state index >= 15 is 0 Å². The zero-order valence-corrected chi connectivity index (χ0v) is 32.2. The highest BCUT2D eigenvalue weighted by molar-refractivity contribution is 6.76. The number of piperidine rings is 1. The van der Waals surface area contributed by atoms with Gasteiger partial charge in [0, 0.05) is 46.5 Å². The number of nitrogens with zero attached hydrogens (tertiary/aromatic N) is 7. The molecule has 2 saturated heterocycles. The number of benzene rings is 1. The molecule has 1 amide bonds. The summed E-state index contributed by atoms with van der Waals surface area (Å²) in [5.41, 5.74) is 3.67. The van der Waals surface area contributed by atoms with Gasteiger partial charge in [-0.25, -0.2) is 24.7 Å². The molecule has 0 bridgehead atoms. The van der Waals surface area contributed by atoms with E-state index in [1.807, 2.05) is 27.7 Å². The lowest BCUT2D eigenvalue weighted by Gasteiger charge is -2.41. The number of fused-ring (bicyclic) bond motifs is 1. The zero-order valence-electron chi connectivity index (χ0n) is 31.2. The Balaban J connectivity index is 1.16.